The SMILES string of the molecule is CCN(CC)c1cccc(OCCNCC2CCCO2)c1. The Morgan fingerprint density at radius 3 is 2.90 bits per heavy atom. The first kappa shape index (κ1) is 16.1. The quantitative estimate of drug-likeness (QED) is 0.710. The van der Waals surface area contributed by atoms with Crippen LogP contribution in [0.4, 0.5) is 5.69 Å². The van der Waals surface area contributed by atoms with Crippen LogP contribution in [0.25, 0.3) is 0 Å². The molecule has 1 aliphatic heterocycles. The largest absolute Gasteiger partial charge is 0.492 e. The summed E-state index contributed by atoms with van der Waals surface area (Å²) in [5.41, 5.74) is 1.23. The van der Waals surface area contributed by atoms with Gasteiger partial charge in [-0.3, -0.25) is 0 Å². The minimum absolute atomic E-state index is 0.399. The van der Waals surface area contributed by atoms with Crippen LogP contribution in [0.2, 0.25) is 0 Å². The van der Waals surface area contributed by atoms with Gasteiger partial charge in [-0.25, -0.2) is 0 Å². The van der Waals surface area contributed by atoms with E-state index in [0.717, 1.165) is 38.5 Å². The molecule has 4 heteroatoms. The normalized spacial score (nSPS) is 17.9. The van der Waals surface area contributed by atoms with E-state index >= 15 is 0 Å². The highest BCUT2D eigenvalue weighted by Gasteiger charge is 2.14. The van der Waals surface area contributed by atoms with Gasteiger partial charge in [0.05, 0.1) is 6.10 Å². The molecule has 118 valence electrons. The van der Waals surface area contributed by atoms with Crippen LogP contribution >= 0.6 is 0 Å². The van der Waals surface area contributed by atoms with Crippen LogP contribution in [-0.2, 0) is 4.74 Å². The van der Waals surface area contributed by atoms with E-state index in [1.54, 1.807) is 0 Å². The van der Waals surface area contributed by atoms with E-state index in [1.165, 1.54) is 18.5 Å². The second kappa shape index (κ2) is 8.90. The van der Waals surface area contributed by atoms with Crippen LogP contribution < -0.4 is 15.0 Å². The summed E-state index contributed by atoms with van der Waals surface area (Å²) in [5.74, 6) is 0.943. The smallest absolute Gasteiger partial charge is 0.121 e. The first-order valence-corrected chi connectivity index (χ1v) is 8.13. The topological polar surface area (TPSA) is 33.7 Å². The molecule has 0 amide bonds. The predicted octanol–water partition coefficient (Wildman–Crippen LogP) is 2.68. The Morgan fingerprint density at radius 2 is 2.19 bits per heavy atom. The lowest BCUT2D eigenvalue weighted by Gasteiger charge is -2.21. The Balaban J connectivity index is 1.69. The molecular weight excluding hydrogens is 264 g/mol. The molecule has 0 aromatic heterocycles. The van der Waals surface area contributed by atoms with Crippen molar-refractivity contribution < 1.29 is 9.47 Å². The molecule has 1 aromatic rings. The number of hydrogen-bond donors (Lipinski definition) is 1. The first-order valence-electron chi connectivity index (χ1n) is 8.13. The van der Waals surface area contributed by atoms with Gasteiger partial charge in [-0.15, -0.1) is 0 Å². The third-order valence-electron chi connectivity index (χ3n) is 3.89. The lowest BCUT2D eigenvalue weighted by molar-refractivity contribution is 0.109. The van der Waals surface area contributed by atoms with E-state index < -0.39 is 0 Å². The van der Waals surface area contributed by atoms with Gasteiger partial charge in [0.2, 0.25) is 0 Å². The summed E-state index contributed by atoms with van der Waals surface area (Å²) in [6.07, 6.45) is 2.77. The standard InChI is InChI=1S/C17H28N2O2/c1-3-19(4-2)15-7-5-8-16(13-15)21-12-10-18-14-17-9-6-11-20-17/h5,7-8,13,17-18H,3-4,6,9-12,14H2,1-2H3. The molecule has 4 nitrogen and oxygen atoms in total. The van der Waals surface area contributed by atoms with Crippen LogP contribution in [0.1, 0.15) is 26.7 Å². The van der Waals surface area contributed by atoms with Crippen molar-refractivity contribution >= 4 is 5.69 Å². The number of anilines is 1. The minimum Gasteiger partial charge on any atom is -0.492 e. The van der Waals surface area contributed by atoms with Gasteiger partial charge < -0.3 is 19.7 Å². The number of nitrogens with zero attached hydrogens (tertiary/aromatic N) is 1. The fourth-order valence-electron chi connectivity index (χ4n) is 2.67. The van der Waals surface area contributed by atoms with E-state index in [4.69, 9.17) is 9.47 Å². The Hall–Kier alpha value is -1.26. The van der Waals surface area contributed by atoms with Gasteiger partial charge in [0.1, 0.15) is 12.4 Å². The molecular formula is C17H28N2O2. The Morgan fingerprint density at radius 1 is 1.33 bits per heavy atom. The molecule has 0 spiro atoms. The monoisotopic (exact) mass is 292 g/mol. The maximum Gasteiger partial charge on any atom is 0.121 e. The van der Waals surface area contributed by atoms with Gasteiger partial charge in [0.25, 0.3) is 0 Å². The number of rotatable bonds is 9. The Kier molecular flexibility index (Phi) is 6.83. The highest BCUT2D eigenvalue weighted by Crippen LogP contribution is 2.20. The predicted molar refractivity (Wildman–Crippen MR) is 87.3 cm³/mol. The zero-order chi connectivity index (χ0) is 14.9. The molecule has 1 aliphatic rings. The van der Waals surface area contributed by atoms with Crippen molar-refractivity contribution in [2.75, 3.05) is 44.3 Å². The Labute approximate surface area is 128 Å². The molecule has 1 heterocycles. The third kappa shape index (κ3) is 5.21. The molecule has 1 aromatic carbocycles. The summed E-state index contributed by atoms with van der Waals surface area (Å²) in [6.45, 7) is 9.78. The highest BCUT2D eigenvalue weighted by atomic mass is 16.5. The maximum absolute atomic E-state index is 5.82. The van der Waals surface area contributed by atoms with Crippen molar-refractivity contribution in [2.24, 2.45) is 0 Å². The number of hydrogen-bond acceptors (Lipinski definition) is 4. The summed E-state index contributed by atoms with van der Waals surface area (Å²) >= 11 is 0. The number of benzene rings is 1. The first-order chi connectivity index (χ1) is 10.3. The van der Waals surface area contributed by atoms with E-state index in [1.807, 2.05) is 6.07 Å². The van der Waals surface area contributed by atoms with Gasteiger partial charge in [-0.1, -0.05) is 6.07 Å². The number of ether oxygens (including phenoxy) is 2. The van der Waals surface area contributed by atoms with Crippen molar-refractivity contribution in [3.05, 3.63) is 24.3 Å². The van der Waals surface area contributed by atoms with Crippen LogP contribution in [0.3, 0.4) is 0 Å². The van der Waals surface area contributed by atoms with Crippen molar-refractivity contribution in [1.82, 2.24) is 5.32 Å². The molecule has 2 rings (SSSR count). The molecule has 1 fully saturated rings. The van der Waals surface area contributed by atoms with Gasteiger partial charge in [-0.05, 0) is 38.8 Å². The third-order valence-corrected chi connectivity index (χ3v) is 3.89. The fraction of sp³-hybridized carbons (Fsp3) is 0.647. The molecule has 1 atom stereocenters. The van der Waals surface area contributed by atoms with Gasteiger partial charge in [0, 0.05) is 44.5 Å². The van der Waals surface area contributed by atoms with Crippen molar-refractivity contribution in [3.63, 3.8) is 0 Å². The van der Waals surface area contributed by atoms with Crippen LogP contribution in [0.15, 0.2) is 24.3 Å². The average molecular weight is 292 g/mol. The van der Waals surface area contributed by atoms with E-state index in [-0.39, 0.29) is 0 Å². The van der Waals surface area contributed by atoms with Crippen LogP contribution in [0.5, 0.6) is 5.75 Å². The van der Waals surface area contributed by atoms with Gasteiger partial charge >= 0.3 is 0 Å². The van der Waals surface area contributed by atoms with Gasteiger partial charge in [0.15, 0.2) is 0 Å². The van der Waals surface area contributed by atoms with E-state index in [0.29, 0.717) is 12.7 Å². The highest BCUT2D eigenvalue weighted by molar-refractivity contribution is 5.50. The van der Waals surface area contributed by atoms with Crippen molar-refractivity contribution in [1.29, 1.82) is 0 Å². The molecule has 0 aliphatic carbocycles. The zero-order valence-corrected chi connectivity index (χ0v) is 13.3. The lowest BCUT2D eigenvalue weighted by Crippen LogP contribution is -2.29. The van der Waals surface area contributed by atoms with E-state index in [9.17, 15) is 0 Å². The van der Waals surface area contributed by atoms with Gasteiger partial charge in [-0.2, -0.15) is 0 Å². The summed E-state index contributed by atoms with van der Waals surface area (Å²) in [7, 11) is 0. The molecule has 1 saturated heterocycles. The molecule has 21 heavy (non-hydrogen) atoms. The summed E-state index contributed by atoms with van der Waals surface area (Å²) < 4.78 is 11.4. The second-order valence-electron chi connectivity index (χ2n) is 5.36. The maximum atomic E-state index is 5.82. The molecule has 1 unspecified atom stereocenters. The van der Waals surface area contributed by atoms with E-state index in [2.05, 4.69) is 42.3 Å². The molecule has 0 radical (unpaired) electrons. The summed E-state index contributed by atoms with van der Waals surface area (Å²) in [5, 5.41) is 3.40. The summed E-state index contributed by atoms with van der Waals surface area (Å²) in [4.78, 5) is 2.32. The van der Waals surface area contributed by atoms with Crippen molar-refractivity contribution in [2.45, 2.75) is 32.8 Å². The summed E-state index contributed by atoms with van der Waals surface area (Å²) in [6, 6.07) is 8.33. The van der Waals surface area contributed by atoms with Crippen molar-refractivity contribution in [3.8, 4) is 5.75 Å². The average Bonchev–Trinajstić information content (AvgIpc) is 3.02. The Bertz CT molecular complexity index is 402. The van der Waals surface area contributed by atoms with Crippen LogP contribution in [0, 0.1) is 0 Å². The zero-order valence-electron chi connectivity index (χ0n) is 13.3. The molecule has 0 saturated carbocycles. The van der Waals surface area contributed by atoms with Crippen LogP contribution in [-0.4, -0.2) is 45.5 Å². The fourth-order valence-corrected chi connectivity index (χ4v) is 2.67. The molecule has 0 bridgehead atoms. The lowest BCUT2D eigenvalue weighted by atomic mass is 10.2. The molecule has 1 N–H and O–H groups in total. The minimum atomic E-state index is 0.399. The second-order valence-corrected chi connectivity index (χ2v) is 5.36. The number of nitrogens with one attached hydrogen (secondary N) is 1.